The molecule has 1 heteroatoms. The van der Waals surface area contributed by atoms with Crippen LogP contribution in [0.5, 0.6) is 0 Å². The number of hydrogen-bond donors (Lipinski definition) is 1. The highest BCUT2D eigenvalue weighted by atomic mass is 15.0. The first kappa shape index (κ1) is 15.4. The molecule has 19 heavy (non-hydrogen) atoms. The Labute approximate surface area is 120 Å². The summed E-state index contributed by atoms with van der Waals surface area (Å²) >= 11 is 0. The Bertz CT molecular complexity index is 242. The Balaban J connectivity index is 1.74. The van der Waals surface area contributed by atoms with Crippen LogP contribution in [0.3, 0.4) is 0 Å². The summed E-state index contributed by atoms with van der Waals surface area (Å²) in [6, 6.07) is 1.57. The van der Waals surface area contributed by atoms with E-state index in [4.69, 9.17) is 0 Å². The predicted octanol–water partition coefficient (Wildman–Crippen LogP) is 5.15. The van der Waals surface area contributed by atoms with E-state index < -0.39 is 0 Å². The van der Waals surface area contributed by atoms with Crippen LogP contribution >= 0.6 is 0 Å². The highest BCUT2D eigenvalue weighted by Crippen LogP contribution is 2.31. The highest BCUT2D eigenvalue weighted by Gasteiger charge is 2.26. The van der Waals surface area contributed by atoms with E-state index in [0.29, 0.717) is 0 Å². The lowest BCUT2D eigenvalue weighted by atomic mass is 9.79. The number of nitrogens with one attached hydrogen (secondary N) is 1. The first-order chi connectivity index (χ1) is 9.15. The van der Waals surface area contributed by atoms with E-state index in [2.05, 4.69) is 26.1 Å². The Hall–Kier alpha value is -0.0400. The molecule has 1 nitrogen and oxygen atoms in total. The Kier molecular flexibility index (Phi) is 6.19. The molecule has 112 valence electrons. The van der Waals surface area contributed by atoms with E-state index in [9.17, 15) is 0 Å². The maximum atomic E-state index is 3.99. The number of rotatable bonds is 5. The lowest BCUT2D eigenvalue weighted by Gasteiger charge is -2.36. The van der Waals surface area contributed by atoms with E-state index in [-0.39, 0.29) is 0 Å². The van der Waals surface area contributed by atoms with Crippen LogP contribution in [0.25, 0.3) is 0 Å². The van der Waals surface area contributed by atoms with Crippen LogP contribution < -0.4 is 5.32 Å². The third-order valence-electron chi connectivity index (χ3n) is 5.44. The van der Waals surface area contributed by atoms with Crippen molar-refractivity contribution in [2.75, 3.05) is 0 Å². The Morgan fingerprint density at radius 1 is 0.895 bits per heavy atom. The van der Waals surface area contributed by atoms with Gasteiger partial charge in [0.1, 0.15) is 0 Å². The van der Waals surface area contributed by atoms with Gasteiger partial charge in [-0.25, -0.2) is 0 Å². The average Bonchev–Trinajstić information content (AvgIpc) is 2.39. The van der Waals surface area contributed by atoms with E-state index in [1.165, 1.54) is 64.2 Å². The van der Waals surface area contributed by atoms with Crippen molar-refractivity contribution in [1.29, 1.82) is 0 Å². The van der Waals surface area contributed by atoms with Gasteiger partial charge < -0.3 is 5.32 Å². The fraction of sp³-hybridized carbons (Fsp3) is 1.00. The molecular formula is C18H35N. The highest BCUT2D eigenvalue weighted by molar-refractivity contribution is 4.84. The van der Waals surface area contributed by atoms with Crippen LogP contribution in [-0.2, 0) is 0 Å². The molecule has 2 rings (SSSR count). The summed E-state index contributed by atoms with van der Waals surface area (Å²) in [5.74, 6) is 2.82. The van der Waals surface area contributed by atoms with Gasteiger partial charge in [0.05, 0.1) is 0 Å². The summed E-state index contributed by atoms with van der Waals surface area (Å²) in [5.41, 5.74) is 0. The summed E-state index contributed by atoms with van der Waals surface area (Å²) in [6.07, 6.45) is 14.6. The molecule has 1 N–H and O–H groups in total. The third kappa shape index (κ3) is 5.10. The normalized spacial score (nSPS) is 31.6. The summed E-state index contributed by atoms with van der Waals surface area (Å²) < 4.78 is 0. The predicted molar refractivity (Wildman–Crippen MR) is 84.4 cm³/mol. The Morgan fingerprint density at radius 3 is 2.32 bits per heavy atom. The zero-order chi connectivity index (χ0) is 13.7. The van der Waals surface area contributed by atoms with E-state index >= 15 is 0 Å². The second-order valence-electron chi connectivity index (χ2n) is 7.71. The van der Waals surface area contributed by atoms with Gasteiger partial charge in [0, 0.05) is 12.1 Å². The largest absolute Gasteiger partial charge is 0.311 e. The van der Waals surface area contributed by atoms with Crippen LogP contribution in [0.4, 0.5) is 0 Å². The fourth-order valence-electron chi connectivity index (χ4n) is 4.47. The van der Waals surface area contributed by atoms with Crippen molar-refractivity contribution in [3.63, 3.8) is 0 Å². The van der Waals surface area contributed by atoms with Gasteiger partial charge in [-0.1, -0.05) is 46.0 Å². The molecular weight excluding hydrogens is 230 g/mol. The number of hydrogen-bond acceptors (Lipinski definition) is 1. The summed E-state index contributed by atoms with van der Waals surface area (Å²) in [4.78, 5) is 0. The molecule has 0 aliphatic heterocycles. The molecule has 0 aromatic heterocycles. The van der Waals surface area contributed by atoms with Crippen LogP contribution in [0.2, 0.25) is 0 Å². The maximum absolute atomic E-state index is 3.99. The van der Waals surface area contributed by atoms with Gasteiger partial charge in [-0.2, -0.15) is 0 Å². The summed E-state index contributed by atoms with van der Waals surface area (Å²) in [7, 11) is 0. The molecule has 0 saturated heterocycles. The van der Waals surface area contributed by atoms with Crippen molar-refractivity contribution in [3.05, 3.63) is 0 Å². The standard InChI is InChI=1S/C18H35N/c1-14(2)12-16-8-7-11-18(13-16)19-15(3)17-9-5-4-6-10-17/h14-19H,4-13H2,1-3H3/t15-,16?,18?/m1/s1. The minimum Gasteiger partial charge on any atom is -0.311 e. The minimum absolute atomic E-state index is 0.753. The lowest BCUT2D eigenvalue weighted by molar-refractivity contribution is 0.206. The second kappa shape index (κ2) is 7.67. The van der Waals surface area contributed by atoms with Gasteiger partial charge in [-0.15, -0.1) is 0 Å². The van der Waals surface area contributed by atoms with Gasteiger partial charge in [0.15, 0.2) is 0 Å². The zero-order valence-corrected chi connectivity index (χ0v) is 13.5. The zero-order valence-electron chi connectivity index (χ0n) is 13.5. The molecule has 3 atom stereocenters. The monoisotopic (exact) mass is 265 g/mol. The topological polar surface area (TPSA) is 12.0 Å². The molecule has 0 heterocycles. The van der Waals surface area contributed by atoms with Crippen molar-refractivity contribution < 1.29 is 0 Å². The van der Waals surface area contributed by atoms with Crippen molar-refractivity contribution in [2.45, 2.75) is 97.1 Å². The first-order valence-corrected chi connectivity index (χ1v) is 8.91. The molecule has 2 unspecified atom stereocenters. The molecule has 2 saturated carbocycles. The van der Waals surface area contributed by atoms with Gasteiger partial charge in [0.25, 0.3) is 0 Å². The van der Waals surface area contributed by atoms with Crippen LogP contribution in [0, 0.1) is 17.8 Å². The molecule has 2 fully saturated rings. The van der Waals surface area contributed by atoms with Crippen LogP contribution in [0.1, 0.15) is 85.0 Å². The van der Waals surface area contributed by atoms with E-state index in [1.807, 2.05) is 0 Å². The van der Waals surface area contributed by atoms with Gasteiger partial charge in [-0.05, 0) is 56.8 Å². The van der Waals surface area contributed by atoms with Crippen LogP contribution in [0.15, 0.2) is 0 Å². The SMILES string of the molecule is CC(C)CC1CCCC(N[C@H](C)C2CCCCC2)C1. The summed E-state index contributed by atoms with van der Waals surface area (Å²) in [5, 5.41) is 3.99. The van der Waals surface area contributed by atoms with E-state index in [1.54, 1.807) is 0 Å². The molecule has 0 bridgehead atoms. The molecule has 2 aliphatic carbocycles. The fourth-order valence-corrected chi connectivity index (χ4v) is 4.47. The van der Waals surface area contributed by atoms with Crippen molar-refractivity contribution in [3.8, 4) is 0 Å². The van der Waals surface area contributed by atoms with Crippen molar-refractivity contribution in [1.82, 2.24) is 5.32 Å². The molecule has 0 amide bonds. The lowest BCUT2D eigenvalue weighted by Crippen LogP contribution is -2.43. The summed E-state index contributed by atoms with van der Waals surface area (Å²) in [6.45, 7) is 7.20. The average molecular weight is 265 g/mol. The quantitative estimate of drug-likeness (QED) is 0.725. The minimum atomic E-state index is 0.753. The second-order valence-corrected chi connectivity index (χ2v) is 7.71. The van der Waals surface area contributed by atoms with E-state index in [0.717, 1.165) is 29.8 Å². The van der Waals surface area contributed by atoms with Gasteiger partial charge in [-0.3, -0.25) is 0 Å². The molecule has 2 aliphatic rings. The van der Waals surface area contributed by atoms with Crippen LogP contribution in [-0.4, -0.2) is 12.1 Å². The van der Waals surface area contributed by atoms with Gasteiger partial charge in [0.2, 0.25) is 0 Å². The van der Waals surface area contributed by atoms with Crippen molar-refractivity contribution in [2.24, 2.45) is 17.8 Å². The molecule has 0 spiro atoms. The van der Waals surface area contributed by atoms with Gasteiger partial charge >= 0.3 is 0 Å². The maximum Gasteiger partial charge on any atom is 0.00722 e. The Morgan fingerprint density at radius 2 is 1.63 bits per heavy atom. The smallest absolute Gasteiger partial charge is 0.00722 e. The molecule has 0 aromatic carbocycles. The first-order valence-electron chi connectivity index (χ1n) is 8.91. The third-order valence-corrected chi connectivity index (χ3v) is 5.44. The van der Waals surface area contributed by atoms with Crippen molar-refractivity contribution >= 4 is 0 Å². The molecule has 0 radical (unpaired) electrons. The molecule has 0 aromatic rings.